The summed E-state index contributed by atoms with van der Waals surface area (Å²) in [5.41, 5.74) is 1.62. The molecule has 0 aromatic heterocycles. The zero-order valence-electron chi connectivity index (χ0n) is 9.32. The number of aliphatic hydroxyl groups is 4. The van der Waals surface area contributed by atoms with Crippen LogP contribution in [0.4, 0.5) is 0 Å². The summed E-state index contributed by atoms with van der Waals surface area (Å²) in [6.07, 6.45) is -1.91. The molecule has 1 saturated heterocycles. The van der Waals surface area contributed by atoms with Crippen molar-refractivity contribution in [1.82, 2.24) is 5.32 Å². The van der Waals surface area contributed by atoms with Crippen LogP contribution >= 0.6 is 0 Å². The second-order valence-corrected chi connectivity index (χ2v) is 4.31. The first-order valence-electron chi connectivity index (χ1n) is 5.60. The van der Waals surface area contributed by atoms with Crippen LogP contribution in [-0.2, 0) is 6.61 Å². The maximum atomic E-state index is 9.87. The third-order valence-corrected chi connectivity index (χ3v) is 3.22. The summed E-state index contributed by atoms with van der Waals surface area (Å²) in [5.74, 6) is 0. The van der Waals surface area contributed by atoms with E-state index in [0.29, 0.717) is 0 Å². The Morgan fingerprint density at radius 1 is 1.00 bits per heavy atom. The average molecular weight is 239 g/mol. The molecular weight excluding hydrogens is 222 g/mol. The van der Waals surface area contributed by atoms with Crippen LogP contribution in [0.5, 0.6) is 0 Å². The summed E-state index contributed by atoms with van der Waals surface area (Å²) in [5, 5.41) is 40.5. The molecule has 1 aliphatic heterocycles. The first-order valence-corrected chi connectivity index (χ1v) is 5.60. The SMILES string of the molecule is OCc1ccc([C@@H]2N[C@H](CO)[C@@H](O)[C@H]2O)cc1. The van der Waals surface area contributed by atoms with Crippen molar-refractivity contribution < 1.29 is 20.4 Å². The van der Waals surface area contributed by atoms with Gasteiger partial charge in [-0.25, -0.2) is 0 Å². The van der Waals surface area contributed by atoms with Crippen LogP contribution in [0.15, 0.2) is 24.3 Å². The second kappa shape index (κ2) is 5.12. The third kappa shape index (κ3) is 2.34. The topological polar surface area (TPSA) is 93.0 Å². The molecule has 94 valence electrons. The van der Waals surface area contributed by atoms with Gasteiger partial charge in [0.1, 0.15) is 6.10 Å². The largest absolute Gasteiger partial charge is 0.395 e. The monoisotopic (exact) mass is 239 g/mol. The highest BCUT2D eigenvalue weighted by molar-refractivity contribution is 5.27. The van der Waals surface area contributed by atoms with Crippen molar-refractivity contribution in [3.63, 3.8) is 0 Å². The van der Waals surface area contributed by atoms with Crippen LogP contribution in [0.3, 0.4) is 0 Å². The maximum absolute atomic E-state index is 9.87. The van der Waals surface area contributed by atoms with Gasteiger partial charge in [-0.15, -0.1) is 0 Å². The average Bonchev–Trinajstić information content (AvgIpc) is 2.66. The van der Waals surface area contributed by atoms with E-state index in [1.165, 1.54) is 0 Å². The zero-order chi connectivity index (χ0) is 12.4. The Bertz CT molecular complexity index is 367. The molecule has 0 saturated carbocycles. The first kappa shape index (κ1) is 12.5. The minimum absolute atomic E-state index is 0.0250. The highest BCUT2D eigenvalue weighted by Crippen LogP contribution is 2.27. The summed E-state index contributed by atoms with van der Waals surface area (Å²) < 4.78 is 0. The van der Waals surface area contributed by atoms with E-state index < -0.39 is 24.3 Å². The van der Waals surface area contributed by atoms with Crippen molar-refractivity contribution in [2.45, 2.75) is 30.9 Å². The summed E-state index contributed by atoms with van der Waals surface area (Å²) >= 11 is 0. The highest BCUT2D eigenvalue weighted by atomic mass is 16.3. The van der Waals surface area contributed by atoms with Crippen molar-refractivity contribution in [1.29, 1.82) is 0 Å². The molecule has 17 heavy (non-hydrogen) atoms. The van der Waals surface area contributed by atoms with Gasteiger partial charge < -0.3 is 25.7 Å². The van der Waals surface area contributed by atoms with E-state index in [9.17, 15) is 10.2 Å². The van der Waals surface area contributed by atoms with Gasteiger partial charge in [-0.3, -0.25) is 0 Å². The van der Waals surface area contributed by atoms with E-state index in [4.69, 9.17) is 10.2 Å². The molecule has 5 heteroatoms. The molecule has 0 spiro atoms. The molecule has 0 radical (unpaired) electrons. The molecule has 5 N–H and O–H groups in total. The summed E-state index contributed by atoms with van der Waals surface area (Å²) in [4.78, 5) is 0. The molecule has 1 heterocycles. The minimum atomic E-state index is -0.970. The lowest BCUT2D eigenvalue weighted by molar-refractivity contribution is 0.0194. The predicted octanol–water partition coefficient (Wildman–Crippen LogP) is -1.09. The van der Waals surface area contributed by atoms with Gasteiger partial charge in [0.25, 0.3) is 0 Å². The van der Waals surface area contributed by atoms with Gasteiger partial charge in [0.2, 0.25) is 0 Å². The molecule has 1 aliphatic rings. The highest BCUT2D eigenvalue weighted by Gasteiger charge is 2.41. The van der Waals surface area contributed by atoms with E-state index in [1.807, 2.05) is 0 Å². The smallest absolute Gasteiger partial charge is 0.101 e. The molecule has 1 aromatic rings. The van der Waals surface area contributed by atoms with Crippen molar-refractivity contribution in [3.8, 4) is 0 Å². The maximum Gasteiger partial charge on any atom is 0.101 e. The normalized spacial score (nSPS) is 32.9. The first-order chi connectivity index (χ1) is 8.17. The Labute approximate surface area is 99.3 Å². The Balaban J connectivity index is 2.16. The second-order valence-electron chi connectivity index (χ2n) is 4.31. The molecule has 2 rings (SSSR count). The Hall–Kier alpha value is -0.980. The van der Waals surface area contributed by atoms with Crippen molar-refractivity contribution in [2.75, 3.05) is 6.61 Å². The molecule has 1 fully saturated rings. The van der Waals surface area contributed by atoms with Crippen LogP contribution in [0.1, 0.15) is 17.2 Å². The van der Waals surface area contributed by atoms with E-state index in [2.05, 4.69) is 5.32 Å². The van der Waals surface area contributed by atoms with Crippen molar-refractivity contribution in [2.24, 2.45) is 0 Å². The van der Waals surface area contributed by atoms with Crippen LogP contribution in [0, 0.1) is 0 Å². The molecule has 5 nitrogen and oxygen atoms in total. The van der Waals surface area contributed by atoms with Gasteiger partial charge in [0, 0.05) is 0 Å². The van der Waals surface area contributed by atoms with Gasteiger partial charge in [0.15, 0.2) is 0 Å². The third-order valence-electron chi connectivity index (χ3n) is 3.22. The van der Waals surface area contributed by atoms with E-state index in [-0.39, 0.29) is 13.2 Å². The van der Waals surface area contributed by atoms with Crippen LogP contribution < -0.4 is 5.32 Å². The van der Waals surface area contributed by atoms with Gasteiger partial charge in [-0.1, -0.05) is 24.3 Å². The summed E-state index contributed by atoms with van der Waals surface area (Å²) in [6.45, 7) is -0.244. The fourth-order valence-corrected chi connectivity index (χ4v) is 2.15. The predicted molar refractivity (Wildman–Crippen MR) is 61.1 cm³/mol. The molecule has 1 aromatic carbocycles. The molecular formula is C12H17NO4. The van der Waals surface area contributed by atoms with Crippen LogP contribution in [-0.4, -0.2) is 45.3 Å². The van der Waals surface area contributed by atoms with E-state index in [1.54, 1.807) is 24.3 Å². The van der Waals surface area contributed by atoms with Gasteiger partial charge in [-0.2, -0.15) is 0 Å². The molecule has 0 aliphatic carbocycles. The quantitative estimate of drug-likeness (QED) is 0.462. The van der Waals surface area contributed by atoms with Gasteiger partial charge in [0.05, 0.1) is 31.4 Å². The Morgan fingerprint density at radius 3 is 2.12 bits per heavy atom. The van der Waals surface area contributed by atoms with Gasteiger partial charge >= 0.3 is 0 Å². The van der Waals surface area contributed by atoms with Gasteiger partial charge in [-0.05, 0) is 11.1 Å². The number of rotatable bonds is 3. The summed E-state index contributed by atoms with van der Waals surface area (Å²) in [7, 11) is 0. The Kier molecular flexibility index (Phi) is 3.76. The van der Waals surface area contributed by atoms with E-state index >= 15 is 0 Å². The molecule has 0 unspecified atom stereocenters. The van der Waals surface area contributed by atoms with Crippen molar-refractivity contribution in [3.05, 3.63) is 35.4 Å². The molecule has 4 atom stereocenters. The zero-order valence-corrected chi connectivity index (χ0v) is 9.32. The fraction of sp³-hybridized carbons (Fsp3) is 0.500. The van der Waals surface area contributed by atoms with Crippen LogP contribution in [0.25, 0.3) is 0 Å². The molecule has 0 bridgehead atoms. The molecule has 0 amide bonds. The lowest BCUT2D eigenvalue weighted by Gasteiger charge is -2.16. The number of hydrogen-bond donors (Lipinski definition) is 5. The Morgan fingerprint density at radius 2 is 1.65 bits per heavy atom. The number of nitrogens with one attached hydrogen (secondary N) is 1. The fourth-order valence-electron chi connectivity index (χ4n) is 2.15. The number of benzene rings is 1. The lowest BCUT2D eigenvalue weighted by atomic mass is 10.00. The minimum Gasteiger partial charge on any atom is -0.395 e. The standard InChI is InChI=1S/C12H17NO4/c14-5-7-1-3-8(4-2-7)10-12(17)11(16)9(6-15)13-10/h1-4,9-17H,5-6H2/t9-,10+,11-,12+/m1/s1. The summed E-state index contributed by atoms with van der Waals surface area (Å²) in [6, 6.07) is 6.21. The van der Waals surface area contributed by atoms with Crippen LogP contribution in [0.2, 0.25) is 0 Å². The lowest BCUT2D eigenvalue weighted by Crippen LogP contribution is -2.35. The van der Waals surface area contributed by atoms with E-state index in [0.717, 1.165) is 11.1 Å². The number of aliphatic hydroxyl groups excluding tert-OH is 4. The number of hydrogen-bond acceptors (Lipinski definition) is 5. The van der Waals surface area contributed by atoms with Crippen molar-refractivity contribution >= 4 is 0 Å².